The first-order valence-corrected chi connectivity index (χ1v) is 15.9. The number of fused-ring (bicyclic) bond motifs is 3. The van der Waals surface area contributed by atoms with Gasteiger partial charge in [-0.25, -0.2) is 4.79 Å². The number of halogens is 1. The van der Waals surface area contributed by atoms with E-state index in [1.165, 1.54) is 34.4 Å². The van der Waals surface area contributed by atoms with Gasteiger partial charge >= 0.3 is 5.97 Å². The summed E-state index contributed by atoms with van der Waals surface area (Å²) in [5.74, 6) is 0.835. The van der Waals surface area contributed by atoms with Crippen LogP contribution >= 0.6 is 11.6 Å². The molecule has 3 aliphatic rings. The summed E-state index contributed by atoms with van der Waals surface area (Å²) in [7, 11) is 0. The van der Waals surface area contributed by atoms with Gasteiger partial charge in [-0.2, -0.15) is 0 Å². The fourth-order valence-corrected chi connectivity index (χ4v) is 7.85. The molecule has 1 aromatic heterocycles. The van der Waals surface area contributed by atoms with Crippen molar-refractivity contribution in [2.24, 2.45) is 5.92 Å². The molecule has 3 N–H and O–H groups in total. The van der Waals surface area contributed by atoms with Crippen LogP contribution in [0.4, 0.5) is 5.69 Å². The second kappa shape index (κ2) is 12.0. The van der Waals surface area contributed by atoms with Gasteiger partial charge in [0, 0.05) is 33.6 Å². The number of pyridine rings is 1. The number of aliphatic carboxylic acids is 1. The number of rotatable bonds is 9. The van der Waals surface area contributed by atoms with E-state index in [0.717, 1.165) is 36.3 Å². The lowest BCUT2D eigenvalue weighted by Gasteiger charge is -2.46. The van der Waals surface area contributed by atoms with Crippen LogP contribution in [0.25, 0.3) is 6.08 Å². The zero-order valence-corrected chi connectivity index (χ0v) is 25.8. The number of aromatic nitrogens is 1. The van der Waals surface area contributed by atoms with Gasteiger partial charge in [-0.15, -0.1) is 0 Å². The Hall–Kier alpha value is -3.35. The minimum Gasteiger partial charge on any atom is -0.493 e. The summed E-state index contributed by atoms with van der Waals surface area (Å²) in [5, 5.41) is 24.3. The van der Waals surface area contributed by atoms with Gasteiger partial charge in [-0.05, 0) is 104 Å². The molecule has 2 atom stereocenters. The molecule has 1 heterocycles. The molecule has 0 amide bonds. The first-order valence-electron chi connectivity index (χ1n) is 15.6. The fraction of sp³-hybridized carbons (Fsp3) is 0.444. The first-order chi connectivity index (χ1) is 20.7. The van der Waals surface area contributed by atoms with Crippen molar-refractivity contribution in [3.8, 4) is 5.75 Å². The number of carboxylic acid groups (broad SMARTS) is 1. The Bertz CT molecular complexity index is 1540. The van der Waals surface area contributed by atoms with E-state index in [2.05, 4.69) is 42.4 Å². The van der Waals surface area contributed by atoms with Gasteiger partial charge < -0.3 is 20.3 Å². The summed E-state index contributed by atoms with van der Waals surface area (Å²) in [6, 6.07) is 15.5. The predicted molar refractivity (Wildman–Crippen MR) is 171 cm³/mol. The van der Waals surface area contributed by atoms with Crippen LogP contribution in [0.2, 0.25) is 5.02 Å². The fourth-order valence-electron chi connectivity index (χ4n) is 7.66. The number of ether oxygens (including phenoxy) is 1. The van der Waals surface area contributed by atoms with E-state index in [9.17, 15) is 15.0 Å². The van der Waals surface area contributed by atoms with Crippen LogP contribution in [0, 0.1) is 5.92 Å². The highest BCUT2D eigenvalue weighted by Gasteiger charge is 2.51. The summed E-state index contributed by atoms with van der Waals surface area (Å²) in [4.78, 5) is 17.4. The number of allylic oxidation sites excluding steroid dienone is 1. The highest BCUT2D eigenvalue weighted by atomic mass is 35.5. The summed E-state index contributed by atoms with van der Waals surface area (Å²) < 4.78 is 6.48. The Balaban J connectivity index is 1.23. The average Bonchev–Trinajstić information content (AvgIpc) is 3.28. The van der Waals surface area contributed by atoms with Crippen LogP contribution in [-0.4, -0.2) is 33.3 Å². The van der Waals surface area contributed by atoms with Crippen molar-refractivity contribution in [3.63, 3.8) is 0 Å². The Morgan fingerprint density at radius 3 is 2.72 bits per heavy atom. The number of aliphatic hydroxyl groups excluding tert-OH is 1. The van der Waals surface area contributed by atoms with Gasteiger partial charge in [0.05, 0.1) is 13.2 Å². The van der Waals surface area contributed by atoms with Crippen molar-refractivity contribution in [2.75, 3.05) is 11.9 Å². The van der Waals surface area contributed by atoms with Crippen molar-refractivity contribution in [3.05, 3.63) is 93.3 Å². The standard InChI is InChI=1S/C36H41ClN2O4/c1-23(22-43-32-11-16-38-31-8-3-5-24(2)33(31)32)17-27-19-26-10-9-25(21-40)18-30(26)35(27)12-14-36(15-13-35,34(41)42)39-29-7-4-6-28(37)20-29/h4,6-7,9-11,16,18-20,23-24,39-40H,3,5,8,12-15,17,21-22H2,1-2H3,(H,41,42)/t23-,24-,35?,36?/m1/s1. The lowest BCUT2D eigenvalue weighted by Crippen LogP contribution is -2.52. The van der Waals surface area contributed by atoms with Gasteiger partial charge in [0.15, 0.2) is 0 Å². The van der Waals surface area contributed by atoms with E-state index in [0.29, 0.717) is 43.2 Å². The maximum absolute atomic E-state index is 12.8. The van der Waals surface area contributed by atoms with Gasteiger partial charge in [0.25, 0.3) is 0 Å². The molecule has 0 bridgehead atoms. The van der Waals surface area contributed by atoms with Crippen LogP contribution in [0.1, 0.15) is 92.7 Å². The Labute approximate surface area is 259 Å². The highest BCUT2D eigenvalue weighted by molar-refractivity contribution is 6.30. The average molecular weight is 601 g/mol. The van der Waals surface area contributed by atoms with E-state index in [1.807, 2.05) is 30.5 Å². The van der Waals surface area contributed by atoms with Gasteiger partial charge in [0.1, 0.15) is 11.3 Å². The van der Waals surface area contributed by atoms with Crippen LogP contribution in [-0.2, 0) is 23.2 Å². The second-order valence-electron chi connectivity index (χ2n) is 12.9. The van der Waals surface area contributed by atoms with Gasteiger partial charge in [-0.1, -0.05) is 61.4 Å². The number of nitrogens with one attached hydrogen (secondary N) is 1. The lowest BCUT2D eigenvalue weighted by molar-refractivity contribution is -0.143. The van der Waals surface area contributed by atoms with E-state index in [4.69, 9.17) is 16.3 Å². The number of carbonyl (C=O) groups is 1. The first kappa shape index (κ1) is 29.7. The Morgan fingerprint density at radius 2 is 1.98 bits per heavy atom. The predicted octanol–water partition coefficient (Wildman–Crippen LogP) is 7.92. The summed E-state index contributed by atoms with van der Waals surface area (Å²) >= 11 is 6.22. The molecule has 0 aliphatic heterocycles. The molecule has 226 valence electrons. The van der Waals surface area contributed by atoms with Crippen LogP contribution in [0.5, 0.6) is 5.75 Å². The summed E-state index contributed by atoms with van der Waals surface area (Å²) in [6.07, 6.45) is 10.7. The smallest absolute Gasteiger partial charge is 0.329 e. The zero-order chi connectivity index (χ0) is 30.2. The molecule has 1 fully saturated rings. The number of nitrogens with zero attached hydrogens (tertiary/aromatic N) is 1. The van der Waals surface area contributed by atoms with E-state index < -0.39 is 11.5 Å². The number of anilines is 1. The highest BCUT2D eigenvalue weighted by Crippen LogP contribution is 2.55. The van der Waals surface area contributed by atoms with Gasteiger partial charge in [0.2, 0.25) is 0 Å². The molecule has 0 radical (unpaired) electrons. The molecule has 3 aromatic rings. The second-order valence-corrected chi connectivity index (χ2v) is 13.4. The molecule has 3 aliphatic carbocycles. The SMILES string of the molecule is C[C@@H](COc1ccnc2c1[C@H](C)CCC2)CC1=Cc2ccc(CO)cc2C12CCC(Nc1cccc(Cl)c1)(C(=O)O)CC2. The van der Waals surface area contributed by atoms with Crippen molar-refractivity contribution < 1.29 is 19.7 Å². The van der Waals surface area contributed by atoms with Crippen LogP contribution < -0.4 is 10.1 Å². The number of carboxylic acids is 1. The molecule has 7 heteroatoms. The quantitative estimate of drug-likeness (QED) is 0.231. The molecular weight excluding hydrogens is 560 g/mol. The van der Waals surface area contributed by atoms with Crippen molar-refractivity contribution in [1.82, 2.24) is 4.98 Å². The van der Waals surface area contributed by atoms with Crippen molar-refractivity contribution in [2.45, 2.75) is 88.7 Å². The van der Waals surface area contributed by atoms with Crippen LogP contribution in [0.15, 0.2) is 60.3 Å². The lowest BCUT2D eigenvalue weighted by atomic mass is 9.61. The minimum atomic E-state index is -1.08. The van der Waals surface area contributed by atoms with Crippen molar-refractivity contribution >= 4 is 29.3 Å². The normalized spacial score (nSPS) is 25.0. The number of aliphatic hydroxyl groups is 1. The molecule has 0 unspecified atom stereocenters. The molecular formula is C36H41ClN2O4. The maximum Gasteiger partial charge on any atom is 0.329 e. The number of aryl methyl sites for hydroxylation is 1. The maximum atomic E-state index is 12.8. The molecule has 43 heavy (non-hydrogen) atoms. The topological polar surface area (TPSA) is 91.7 Å². The van der Waals surface area contributed by atoms with E-state index in [1.54, 1.807) is 12.1 Å². The monoisotopic (exact) mass is 600 g/mol. The number of hydrogen-bond donors (Lipinski definition) is 3. The molecule has 6 nitrogen and oxygen atoms in total. The molecule has 1 saturated carbocycles. The Kier molecular flexibility index (Phi) is 8.27. The number of hydrogen-bond acceptors (Lipinski definition) is 5. The van der Waals surface area contributed by atoms with Crippen LogP contribution in [0.3, 0.4) is 0 Å². The van der Waals surface area contributed by atoms with E-state index >= 15 is 0 Å². The molecule has 1 spiro atoms. The molecule has 0 saturated heterocycles. The molecule has 2 aromatic carbocycles. The van der Waals surface area contributed by atoms with Gasteiger partial charge in [-0.3, -0.25) is 4.98 Å². The van der Waals surface area contributed by atoms with E-state index in [-0.39, 0.29) is 17.9 Å². The van der Waals surface area contributed by atoms with Crippen molar-refractivity contribution in [1.29, 1.82) is 0 Å². The largest absolute Gasteiger partial charge is 0.493 e. The minimum absolute atomic E-state index is 0.0208. The molecule has 6 rings (SSSR count). The summed E-state index contributed by atoms with van der Waals surface area (Å²) in [5.41, 5.74) is 6.41. The number of benzene rings is 2. The third-order valence-corrected chi connectivity index (χ3v) is 10.2. The third kappa shape index (κ3) is 5.67. The summed E-state index contributed by atoms with van der Waals surface area (Å²) in [6.45, 7) is 5.08. The Morgan fingerprint density at radius 1 is 1.16 bits per heavy atom. The third-order valence-electron chi connectivity index (χ3n) is 10.0. The zero-order valence-electron chi connectivity index (χ0n) is 25.0.